The molecule has 0 fully saturated rings. The number of nitro groups is 1. The molecule has 0 aromatic heterocycles. The predicted molar refractivity (Wildman–Crippen MR) is 56.6 cm³/mol. The van der Waals surface area contributed by atoms with Crippen LogP contribution in [-0.4, -0.2) is 11.1 Å². The van der Waals surface area contributed by atoms with Crippen molar-refractivity contribution < 1.29 is 18.1 Å². The fourth-order valence-electron chi connectivity index (χ4n) is 1.55. The zero-order valence-corrected chi connectivity index (χ0v) is 9.26. The van der Waals surface area contributed by atoms with E-state index in [-0.39, 0.29) is 11.3 Å². The van der Waals surface area contributed by atoms with E-state index >= 15 is 0 Å². The lowest BCUT2D eigenvalue weighted by molar-refractivity contribution is -0.384. The minimum Gasteiger partial charge on any atom is -0.258 e. The van der Waals surface area contributed by atoms with Crippen molar-refractivity contribution in [1.82, 2.24) is 0 Å². The van der Waals surface area contributed by atoms with Gasteiger partial charge in [0, 0.05) is 12.1 Å². The minimum atomic E-state index is -4.79. The largest absolute Gasteiger partial charge is 0.398 e. The van der Waals surface area contributed by atoms with Gasteiger partial charge in [-0.3, -0.25) is 10.1 Å². The van der Waals surface area contributed by atoms with Crippen LogP contribution in [0.4, 0.5) is 18.9 Å². The van der Waals surface area contributed by atoms with Crippen molar-refractivity contribution in [3.05, 3.63) is 39.9 Å². The van der Waals surface area contributed by atoms with Crippen molar-refractivity contribution >= 4 is 5.69 Å². The molecule has 0 aliphatic carbocycles. The SMILES string of the molecule is N#CC(C#N)C(c1ccc([N+](=O)[O-])cc1)C(F)(F)F. The summed E-state index contributed by atoms with van der Waals surface area (Å²) in [5, 5.41) is 27.6. The standard InChI is InChI=1S/C11H6F3N3O2/c12-11(13,14)10(8(5-15)6-16)7-1-3-9(4-2-7)17(18)19/h1-4,8,10H. The molecule has 1 rings (SSSR count). The smallest absolute Gasteiger partial charge is 0.258 e. The second-order valence-corrected chi connectivity index (χ2v) is 3.60. The van der Waals surface area contributed by atoms with Crippen LogP contribution in [0.15, 0.2) is 24.3 Å². The molecule has 0 aliphatic rings. The molecule has 5 nitrogen and oxygen atoms in total. The van der Waals surface area contributed by atoms with Gasteiger partial charge in [-0.15, -0.1) is 0 Å². The number of nitro benzene ring substituents is 1. The van der Waals surface area contributed by atoms with Gasteiger partial charge in [0.1, 0.15) is 11.8 Å². The van der Waals surface area contributed by atoms with Crippen molar-refractivity contribution in [1.29, 1.82) is 10.5 Å². The van der Waals surface area contributed by atoms with E-state index in [0.717, 1.165) is 24.3 Å². The third-order valence-corrected chi connectivity index (χ3v) is 2.43. The maximum Gasteiger partial charge on any atom is 0.398 e. The summed E-state index contributed by atoms with van der Waals surface area (Å²) in [4.78, 5) is 9.65. The maximum absolute atomic E-state index is 12.9. The van der Waals surface area contributed by atoms with Crippen molar-refractivity contribution in [3.63, 3.8) is 0 Å². The van der Waals surface area contributed by atoms with E-state index in [0.29, 0.717) is 0 Å². The summed E-state index contributed by atoms with van der Waals surface area (Å²) in [5.41, 5.74) is -0.721. The molecule has 0 N–H and O–H groups in total. The molecule has 1 aromatic carbocycles. The van der Waals surface area contributed by atoms with Gasteiger partial charge < -0.3 is 0 Å². The number of alkyl halides is 3. The summed E-state index contributed by atoms with van der Waals surface area (Å²) >= 11 is 0. The van der Waals surface area contributed by atoms with Crippen LogP contribution in [0.1, 0.15) is 11.5 Å². The average Bonchev–Trinajstić information content (AvgIpc) is 2.34. The highest BCUT2D eigenvalue weighted by Gasteiger charge is 2.46. The number of nitrogens with zero attached hydrogens (tertiary/aromatic N) is 3. The maximum atomic E-state index is 12.9. The summed E-state index contributed by atoms with van der Waals surface area (Å²) in [5.74, 6) is -4.19. The Morgan fingerprint density at radius 3 is 1.95 bits per heavy atom. The number of benzene rings is 1. The lowest BCUT2D eigenvalue weighted by atomic mass is 9.87. The Labute approximate surface area is 105 Å². The Kier molecular flexibility index (Phi) is 4.07. The van der Waals surface area contributed by atoms with Crippen LogP contribution in [0.2, 0.25) is 0 Å². The molecule has 0 saturated heterocycles. The molecular weight excluding hydrogens is 263 g/mol. The van der Waals surface area contributed by atoms with Gasteiger partial charge in [-0.1, -0.05) is 12.1 Å². The van der Waals surface area contributed by atoms with Crippen LogP contribution in [0.5, 0.6) is 0 Å². The van der Waals surface area contributed by atoms with E-state index < -0.39 is 22.9 Å². The summed E-state index contributed by atoms with van der Waals surface area (Å²) < 4.78 is 38.6. The summed E-state index contributed by atoms with van der Waals surface area (Å²) in [6, 6.07) is 6.17. The third kappa shape index (κ3) is 3.19. The third-order valence-electron chi connectivity index (χ3n) is 2.43. The molecule has 0 spiro atoms. The average molecular weight is 269 g/mol. The lowest BCUT2D eigenvalue weighted by Gasteiger charge is -2.20. The molecule has 0 bridgehead atoms. The second-order valence-electron chi connectivity index (χ2n) is 3.60. The first-order chi connectivity index (χ1) is 8.81. The summed E-state index contributed by atoms with van der Waals surface area (Å²) in [6.07, 6.45) is -4.79. The molecule has 0 heterocycles. The minimum absolute atomic E-state index is 0.355. The molecule has 0 radical (unpaired) electrons. The van der Waals surface area contributed by atoms with Crippen LogP contribution < -0.4 is 0 Å². The van der Waals surface area contributed by atoms with Gasteiger partial charge in [-0.2, -0.15) is 23.7 Å². The number of nitriles is 2. The molecule has 0 aliphatic heterocycles. The summed E-state index contributed by atoms with van der Waals surface area (Å²) in [7, 11) is 0. The normalized spacial score (nSPS) is 12.5. The molecule has 8 heteroatoms. The van der Waals surface area contributed by atoms with Gasteiger partial charge in [-0.05, 0) is 5.56 Å². The Hall–Kier alpha value is -2.61. The van der Waals surface area contributed by atoms with Crippen molar-refractivity contribution in [2.24, 2.45) is 5.92 Å². The topological polar surface area (TPSA) is 90.7 Å². The Morgan fingerprint density at radius 1 is 1.16 bits per heavy atom. The fourth-order valence-corrected chi connectivity index (χ4v) is 1.55. The van der Waals surface area contributed by atoms with Crippen molar-refractivity contribution in [2.75, 3.05) is 0 Å². The van der Waals surface area contributed by atoms with E-state index in [9.17, 15) is 23.3 Å². The quantitative estimate of drug-likeness (QED) is 0.623. The molecule has 0 amide bonds. The highest BCUT2D eigenvalue weighted by molar-refractivity contribution is 5.36. The van der Waals surface area contributed by atoms with Crippen LogP contribution >= 0.6 is 0 Å². The Balaban J connectivity index is 3.24. The highest BCUT2D eigenvalue weighted by Crippen LogP contribution is 2.40. The molecule has 1 atom stereocenters. The van der Waals surface area contributed by atoms with Crippen molar-refractivity contribution in [3.8, 4) is 12.1 Å². The number of rotatable bonds is 3. The molecule has 98 valence electrons. The Morgan fingerprint density at radius 2 is 1.63 bits per heavy atom. The van der Waals surface area contributed by atoms with E-state index in [1.54, 1.807) is 0 Å². The van der Waals surface area contributed by atoms with E-state index in [2.05, 4.69) is 0 Å². The number of non-ortho nitro benzene ring substituents is 1. The molecular formula is C11H6F3N3O2. The zero-order valence-electron chi connectivity index (χ0n) is 9.26. The first kappa shape index (κ1) is 14.5. The number of hydrogen-bond donors (Lipinski definition) is 0. The molecule has 19 heavy (non-hydrogen) atoms. The van der Waals surface area contributed by atoms with Gasteiger partial charge in [0.05, 0.1) is 17.1 Å². The van der Waals surface area contributed by atoms with Crippen LogP contribution in [0, 0.1) is 38.7 Å². The second kappa shape index (κ2) is 5.36. The van der Waals surface area contributed by atoms with Gasteiger partial charge in [0.2, 0.25) is 0 Å². The van der Waals surface area contributed by atoms with Crippen molar-refractivity contribution in [2.45, 2.75) is 12.1 Å². The summed E-state index contributed by atoms with van der Waals surface area (Å²) in [6.45, 7) is 0. The number of halogens is 3. The monoisotopic (exact) mass is 269 g/mol. The van der Waals surface area contributed by atoms with Crippen LogP contribution in [-0.2, 0) is 0 Å². The fraction of sp³-hybridized carbons (Fsp3) is 0.273. The lowest BCUT2D eigenvalue weighted by Crippen LogP contribution is -2.26. The van der Waals surface area contributed by atoms with E-state index in [1.165, 1.54) is 12.1 Å². The van der Waals surface area contributed by atoms with Gasteiger partial charge in [0.15, 0.2) is 0 Å². The van der Waals surface area contributed by atoms with Crippen LogP contribution in [0.3, 0.4) is 0 Å². The Bertz CT molecular complexity index is 541. The van der Waals surface area contributed by atoms with Gasteiger partial charge >= 0.3 is 6.18 Å². The first-order valence-electron chi connectivity index (χ1n) is 4.91. The first-order valence-corrected chi connectivity index (χ1v) is 4.91. The molecule has 0 saturated carbocycles. The van der Waals surface area contributed by atoms with E-state index in [1.807, 2.05) is 0 Å². The van der Waals surface area contributed by atoms with Crippen LogP contribution in [0.25, 0.3) is 0 Å². The zero-order chi connectivity index (χ0) is 14.6. The number of hydrogen-bond acceptors (Lipinski definition) is 4. The molecule has 1 aromatic rings. The molecule has 1 unspecified atom stereocenters. The van der Waals surface area contributed by atoms with Gasteiger partial charge in [-0.25, -0.2) is 0 Å². The highest BCUT2D eigenvalue weighted by atomic mass is 19.4. The van der Waals surface area contributed by atoms with Gasteiger partial charge in [0.25, 0.3) is 5.69 Å². The van der Waals surface area contributed by atoms with E-state index in [4.69, 9.17) is 10.5 Å². The predicted octanol–water partition coefficient (Wildman–Crippen LogP) is 2.90.